The third-order valence-electron chi connectivity index (χ3n) is 3.04. The van der Waals surface area contributed by atoms with Crippen LogP contribution in [0, 0.1) is 3.57 Å². The van der Waals surface area contributed by atoms with Crippen molar-refractivity contribution in [1.82, 2.24) is 9.55 Å². The van der Waals surface area contributed by atoms with Crippen LogP contribution in [0.5, 0.6) is 0 Å². The smallest absolute Gasteiger partial charge is 0.335 e. The van der Waals surface area contributed by atoms with Gasteiger partial charge in [-0.05, 0) is 22.6 Å². The predicted octanol–water partition coefficient (Wildman–Crippen LogP) is -2.79. The Balaban J connectivity index is 2.38. The van der Waals surface area contributed by atoms with Gasteiger partial charge in [-0.1, -0.05) is 0 Å². The van der Waals surface area contributed by atoms with Crippen LogP contribution in [-0.2, 0) is 9.53 Å². The highest BCUT2D eigenvalue weighted by atomic mass is 127. The van der Waals surface area contributed by atoms with Gasteiger partial charge in [0, 0.05) is 6.20 Å². The zero-order valence-corrected chi connectivity index (χ0v) is 12.4. The molecule has 1 aromatic heterocycles. The minimum absolute atomic E-state index is 0.125. The number of aliphatic hydroxyl groups excluding tert-OH is 3. The fraction of sp³-hybridized carbons (Fsp3) is 0.500. The Hall–Kier alpha value is -1.28. The molecule has 0 bridgehead atoms. The number of carboxylic acids is 1. The van der Waals surface area contributed by atoms with Gasteiger partial charge in [-0.3, -0.25) is 14.3 Å². The van der Waals surface area contributed by atoms with Gasteiger partial charge in [0.05, 0.1) is 3.57 Å². The van der Waals surface area contributed by atoms with Gasteiger partial charge in [0.2, 0.25) is 0 Å². The average Bonchev–Trinajstić information content (AvgIpc) is 2.70. The molecule has 1 aliphatic heterocycles. The van der Waals surface area contributed by atoms with E-state index in [0.29, 0.717) is 0 Å². The fourth-order valence-electron chi connectivity index (χ4n) is 1.97. The van der Waals surface area contributed by atoms with Gasteiger partial charge in [-0.25, -0.2) is 9.59 Å². The summed E-state index contributed by atoms with van der Waals surface area (Å²) >= 11 is 1.65. The highest BCUT2D eigenvalue weighted by molar-refractivity contribution is 14.1. The van der Waals surface area contributed by atoms with E-state index in [-0.39, 0.29) is 3.57 Å². The molecule has 0 aliphatic carbocycles. The first-order valence-electron chi connectivity index (χ1n) is 5.67. The quantitative estimate of drug-likeness (QED) is 0.332. The van der Waals surface area contributed by atoms with E-state index in [9.17, 15) is 29.7 Å². The Morgan fingerprint density at radius 1 is 1.38 bits per heavy atom. The lowest BCUT2D eigenvalue weighted by atomic mass is 10.1. The summed E-state index contributed by atoms with van der Waals surface area (Å²) in [6.07, 6.45) is -7.38. The third kappa shape index (κ3) is 2.87. The summed E-state index contributed by atoms with van der Waals surface area (Å²) in [7, 11) is 0. The number of nitrogens with one attached hydrogen (secondary N) is 1. The number of carboxylic acid groups (broad SMARTS) is 1. The average molecular weight is 414 g/mol. The molecule has 21 heavy (non-hydrogen) atoms. The van der Waals surface area contributed by atoms with Gasteiger partial charge in [-0.15, -0.1) is 0 Å². The largest absolute Gasteiger partial charge is 0.479 e. The monoisotopic (exact) mass is 414 g/mol. The number of aliphatic hydroxyl groups is 3. The number of aromatic nitrogens is 2. The van der Waals surface area contributed by atoms with Crippen LogP contribution < -0.4 is 11.2 Å². The van der Waals surface area contributed by atoms with Gasteiger partial charge in [-0.2, -0.15) is 0 Å². The van der Waals surface area contributed by atoms with Crippen LogP contribution in [0.2, 0.25) is 0 Å². The van der Waals surface area contributed by atoms with Gasteiger partial charge >= 0.3 is 11.7 Å². The lowest BCUT2D eigenvalue weighted by Gasteiger charge is -2.18. The molecule has 0 aromatic carbocycles. The topological polar surface area (TPSA) is 162 Å². The summed E-state index contributed by atoms with van der Waals surface area (Å²) in [5.74, 6) is -1.64. The summed E-state index contributed by atoms with van der Waals surface area (Å²) < 4.78 is 6.01. The van der Waals surface area contributed by atoms with Crippen LogP contribution in [-0.4, -0.2) is 60.4 Å². The second-order valence-corrected chi connectivity index (χ2v) is 5.56. The van der Waals surface area contributed by atoms with E-state index < -0.39 is 47.9 Å². The van der Waals surface area contributed by atoms with Crippen LogP contribution in [0.25, 0.3) is 0 Å². The van der Waals surface area contributed by atoms with E-state index in [4.69, 9.17) is 9.84 Å². The maximum atomic E-state index is 11.7. The molecular formula is C10H11IN2O8. The molecule has 0 radical (unpaired) electrons. The molecule has 5 atom stereocenters. The Kier molecular flexibility index (Phi) is 4.48. The number of carbonyl (C=O) groups is 1. The molecule has 11 heteroatoms. The minimum Gasteiger partial charge on any atom is -0.479 e. The molecule has 1 fully saturated rings. The number of halogens is 1. The van der Waals surface area contributed by atoms with E-state index in [2.05, 4.69) is 0 Å². The summed E-state index contributed by atoms with van der Waals surface area (Å²) in [5.41, 5.74) is -1.53. The molecule has 0 unspecified atom stereocenters. The lowest BCUT2D eigenvalue weighted by molar-refractivity contribution is -0.160. The van der Waals surface area contributed by atoms with Gasteiger partial charge in [0.15, 0.2) is 12.3 Å². The van der Waals surface area contributed by atoms with Crippen LogP contribution >= 0.6 is 22.6 Å². The zero-order chi connectivity index (χ0) is 15.9. The van der Waals surface area contributed by atoms with Crippen LogP contribution in [0.4, 0.5) is 0 Å². The highest BCUT2D eigenvalue weighted by Gasteiger charge is 2.49. The van der Waals surface area contributed by atoms with Crippen molar-refractivity contribution < 1.29 is 30.0 Å². The van der Waals surface area contributed by atoms with Crippen LogP contribution in [0.3, 0.4) is 0 Å². The minimum atomic E-state index is -2.07. The molecule has 1 saturated heterocycles. The predicted molar refractivity (Wildman–Crippen MR) is 73.6 cm³/mol. The summed E-state index contributed by atoms with van der Waals surface area (Å²) in [5, 5.41) is 37.7. The number of hydrogen-bond acceptors (Lipinski definition) is 7. The molecule has 0 saturated carbocycles. The highest BCUT2D eigenvalue weighted by Crippen LogP contribution is 2.30. The maximum absolute atomic E-state index is 11.7. The summed E-state index contributed by atoms with van der Waals surface area (Å²) in [6.45, 7) is 0. The second-order valence-electron chi connectivity index (χ2n) is 4.40. The van der Waals surface area contributed by atoms with Crippen LogP contribution in [0.1, 0.15) is 6.23 Å². The number of aromatic amines is 1. The van der Waals surface area contributed by atoms with Crippen molar-refractivity contribution in [2.24, 2.45) is 0 Å². The van der Waals surface area contributed by atoms with Crippen molar-refractivity contribution in [3.63, 3.8) is 0 Å². The maximum Gasteiger partial charge on any atom is 0.335 e. The molecule has 1 aromatic rings. The molecular weight excluding hydrogens is 403 g/mol. The van der Waals surface area contributed by atoms with Crippen molar-refractivity contribution in [2.75, 3.05) is 0 Å². The molecule has 5 N–H and O–H groups in total. The summed E-state index contributed by atoms with van der Waals surface area (Å²) in [6, 6.07) is 0. The van der Waals surface area contributed by atoms with Crippen molar-refractivity contribution in [2.45, 2.75) is 30.6 Å². The number of ether oxygens (including phenoxy) is 1. The Morgan fingerprint density at radius 3 is 2.57 bits per heavy atom. The first-order chi connectivity index (χ1) is 9.73. The third-order valence-corrected chi connectivity index (χ3v) is 3.81. The SMILES string of the molecule is O=C(O)[C@@H](O)[C@@H]1O[C@H](n2cc(I)c(=O)[nH]c2=O)[C@H](O)[C@@H]1O. The number of aliphatic carboxylic acids is 1. The molecule has 0 spiro atoms. The number of hydrogen-bond donors (Lipinski definition) is 5. The molecule has 116 valence electrons. The van der Waals surface area contributed by atoms with Crippen molar-refractivity contribution >= 4 is 28.6 Å². The van der Waals surface area contributed by atoms with E-state index >= 15 is 0 Å². The van der Waals surface area contributed by atoms with Gasteiger partial charge in [0.1, 0.15) is 18.3 Å². The summed E-state index contributed by atoms with van der Waals surface area (Å²) in [4.78, 5) is 35.6. The number of rotatable bonds is 3. The lowest BCUT2D eigenvalue weighted by Crippen LogP contribution is -2.42. The van der Waals surface area contributed by atoms with E-state index in [1.54, 1.807) is 22.6 Å². The standard InChI is InChI=1S/C10H11IN2O8/c11-2-1-13(10(20)12-7(2)17)8-4(15)3(14)6(21-8)5(16)9(18)19/h1,3-6,8,14-16H,(H,18,19)(H,12,17,20)/t3-,4+,5-,6+,8-/m0/s1. The van der Waals surface area contributed by atoms with E-state index in [1.165, 1.54) is 0 Å². The van der Waals surface area contributed by atoms with Gasteiger partial charge < -0.3 is 25.2 Å². The van der Waals surface area contributed by atoms with Gasteiger partial charge in [0.25, 0.3) is 5.56 Å². The van der Waals surface area contributed by atoms with Crippen molar-refractivity contribution in [3.8, 4) is 0 Å². The fourth-order valence-corrected chi connectivity index (χ4v) is 2.40. The first-order valence-corrected chi connectivity index (χ1v) is 6.75. The molecule has 2 rings (SSSR count). The Morgan fingerprint density at radius 2 is 2.00 bits per heavy atom. The molecule has 0 amide bonds. The van der Waals surface area contributed by atoms with Crippen molar-refractivity contribution in [3.05, 3.63) is 30.6 Å². The van der Waals surface area contributed by atoms with Crippen LogP contribution in [0.15, 0.2) is 15.8 Å². The normalized spacial score (nSPS) is 30.3. The zero-order valence-electron chi connectivity index (χ0n) is 10.2. The molecule has 2 heterocycles. The Bertz CT molecular complexity index is 670. The van der Waals surface area contributed by atoms with E-state index in [1.807, 2.05) is 4.98 Å². The number of H-pyrrole nitrogens is 1. The van der Waals surface area contributed by atoms with E-state index in [0.717, 1.165) is 10.8 Å². The van der Waals surface area contributed by atoms with Crippen molar-refractivity contribution in [1.29, 1.82) is 0 Å². The second kappa shape index (κ2) is 5.84. The molecule has 10 nitrogen and oxygen atoms in total. The first kappa shape index (κ1) is 16.1. The Labute approximate surface area is 129 Å². The number of nitrogens with zero attached hydrogens (tertiary/aromatic N) is 1. The molecule has 1 aliphatic rings.